The number of ether oxygens (including phenoxy) is 2. The number of benzene rings is 2. The summed E-state index contributed by atoms with van der Waals surface area (Å²) in [5.41, 5.74) is 3.66. The summed E-state index contributed by atoms with van der Waals surface area (Å²) in [6.45, 7) is 9.09. The first-order valence-corrected chi connectivity index (χ1v) is 19.0. The number of aromatic amines is 2. The third-order valence-electron chi connectivity index (χ3n) is 11.2. The van der Waals surface area contributed by atoms with Crippen LogP contribution in [0, 0.1) is 11.8 Å². The standard InChI is InChI=1S/C40H52N8O6/c1-7-23(3)33(45-39(51)53-5)37(49)47-17-9-11-31(47)35-41-21-29(43-35)27-15-13-26-20-28(16-14-25(26)19-27)30-22-42-36(44-30)32-12-10-18-48(32)38(50)34(24(4)8-2)46-40(52)54-6/h13-16,19-24,31-34H,7-12,17-18H2,1-6H3,(H,41,43)(H,42,44)(H,45,51)(H,46,52)/t23-,24-,31-,32-,33-,34-/m0/s1. The number of methoxy groups -OCH3 is 2. The lowest BCUT2D eigenvalue weighted by Crippen LogP contribution is -2.51. The smallest absolute Gasteiger partial charge is 0.407 e. The quantitative estimate of drug-likeness (QED) is 0.128. The Balaban J connectivity index is 1.17. The van der Waals surface area contributed by atoms with E-state index in [1.165, 1.54) is 14.2 Å². The number of amides is 4. The summed E-state index contributed by atoms with van der Waals surface area (Å²) in [5.74, 6) is 1.08. The number of likely N-dealkylation sites (tertiary alicyclic amines) is 2. The van der Waals surface area contributed by atoms with Crippen LogP contribution >= 0.6 is 0 Å². The maximum Gasteiger partial charge on any atom is 0.407 e. The topological polar surface area (TPSA) is 175 Å². The zero-order chi connectivity index (χ0) is 38.5. The van der Waals surface area contributed by atoms with E-state index in [9.17, 15) is 19.2 Å². The Morgan fingerprint density at radius 2 is 1.13 bits per heavy atom. The number of rotatable bonds is 12. The van der Waals surface area contributed by atoms with Gasteiger partial charge in [-0.1, -0.05) is 64.8 Å². The van der Waals surface area contributed by atoms with Crippen molar-refractivity contribution in [1.29, 1.82) is 0 Å². The van der Waals surface area contributed by atoms with Crippen LogP contribution in [0.5, 0.6) is 0 Å². The van der Waals surface area contributed by atoms with Gasteiger partial charge in [0.15, 0.2) is 0 Å². The Hall–Kier alpha value is -5.40. The van der Waals surface area contributed by atoms with Gasteiger partial charge < -0.3 is 39.9 Å². The molecule has 4 amide bonds. The van der Waals surface area contributed by atoms with Gasteiger partial charge in [-0.05, 0) is 60.4 Å². The van der Waals surface area contributed by atoms with Gasteiger partial charge in [0.1, 0.15) is 23.7 Å². The van der Waals surface area contributed by atoms with Crippen molar-refractivity contribution in [3.63, 3.8) is 0 Å². The molecule has 2 aliphatic rings. The van der Waals surface area contributed by atoms with Gasteiger partial charge in [0.2, 0.25) is 11.8 Å². The number of carbonyl (C=O) groups excluding carboxylic acids is 4. The second kappa shape index (κ2) is 16.7. The molecule has 2 saturated heterocycles. The van der Waals surface area contributed by atoms with E-state index in [1.807, 2.05) is 49.9 Å². The summed E-state index contributed by atoms with van der Waals surface area (Å²) >= 11 is 0. The van der Waals surface area contributed by atoms with Crippen LogP contribution in [0.4, 0.5) is 9.59 Å². The molecule has 6 atom stereocenters. The molecule has 0 aliphatic carbocycles. The molecule has 2 aromatic heterocycles. The number of H-pyrrole nitrogens is 2. The minimum atomic E-state index is -0.679. The van der Waals surface area contributed by atoms with E-state index in [0.29, 0.717) is 13.1 Å². The molecular formula is C40H52N8O6. The second-order valence-electron chi connectivity index (χ2n) is 14.5. The number of imidazole rings is 2. The average Bonchev–Trinajstić information content (AvgIpc) is 4.04. The molecule has 14 nitrogen and oxygen atoms in total. The first-order chi connectivity index (χ1) is 26.1. The summed E-state index contributed by atoms with van der Waals surface area (Å²) in [6.07, 6.45) is 7.10. The Labute approximate surface area is 315 Å². The van der Waals surface area contributed by atoms with Gasteiger partial charge in [0.05, 0.1) is 50.1 Å². The van der Waals surface area contributed by atoms with E-state index < -0.39 is 24.3 Å². The number of nitrogens with one attached hydrogen (secondary N) is 4. The summed E-state index contributed by atoms with van der Waals surface area (Å²) in [7, 11) is 2.60. The van der Waals surface area contributed by atoms with Crippen molar-refractivity contribution in [2.75, 3.05) is 27.3 Å². The van der Waals surface area contributed by atoms with Crippen molar-refractivity contribution in [2.24, 2.45) is 11.8 Å². The monoisotopic (exact) mass is 740 g/mol. The van der Waals surface area contributed by atoms with Crippen LogP contribution in [0.15, 0.2) is 48.8 Å². The molecule has 2 fully saturated rings. The molecule has 0 bridgehead atoms. The van der Waals surface area contributed by atoms with Crippen LogP contribution in [0.3, 0.4) is 0 Å². The summed E-state index contributed by atoms with van der Waals surface area (Å²) in [6, 6.07) is 10.7. The second-order valence-corrected chi connectivity index (χ2v) is 14.5. The molecule has 0 saturated carbocycles. The molecule has 2 aliphatic heterocycles. The Bertz CT molecular complexity index is 1830. The highest BCUT2D eigenvalue weighted by molar-refractivity contribution is 5.90. The van der Waals surface area contributed by atoms with E-state index in [4.69, 9.17) is 19.4 Å². The highest BCUT2D eigenvalue weighted by Gasteiger charge is 2.39. The van der Waals surface area contributed by atoms with Crippen LogP contribution in [0.1, 0.15) is 90.0 Å². The van der Waals surface area contributed by atoms with Crippen LogP contribution in [0.2, 0.25) is 0 Å². The zero-order valence-electron chi connectivity index (χ0n) is 32.0. The summed E-state index contributed by atoms with van der Waals surface area (Å²) in [4.78, 5) is 71.6. The number of nitrogens with zero attached hydrogens (tertiary/aromatic N) is 4. The third kappa shape index (κ3) is 7.92. The van der Waals surface area contributed by atoms with Gasteiger partial charge in [-0.15, -0.1) is 0 Å². The molecular weight excluding hydrogens is 688 g/mol. The van der Waals surface area contributed by atoms with Gasteiger partial charge in [-0.25, -0.2) is 19.6 Å². The van der Waals surface area contributed by atoms with Crippen molar-refractivity contribution in [3.05, 3.63) is 60.4 Å². The van der Waals surface area contributed by atoms with E-state index >= 15 is 0 Å². The van der Waals surface area contributed by atoms with Crippen molar-refractivity contribution < 1.29 is 28.7 Å². The minimum absolute atomic E-state index is 0.0580. The molecule has 14 heteroatoms. The maximum absolute atomic E-state index is 13.7. The number of aromatic nitrogens is 4. The molecule has 2 aromatic carbocycles. The number of carbonyl (C=O) groups is 4. The van der Waals surface area contributed by atoms with Crippen LogP contribution in [-0.4, -0.2) is 93.1 Å². The maximum atomic E-state index is 13.7. The number of hydrogen-bond donors (Lipinski definition) is 4. The number of fused-ring (bicyclic) bond motifs is 1. The molecule has 0 radical (unpaired) electrons. The van der Waals surface area contributed by atoms with Gasteiger partial charge in [-0.3, -0.25) is 9.59 Å². The highest BCUT2D eigenvalue weighted by atomic mass is 16.5. The summed E-state index contributed by atoms with van der Waals surface area (Å²) in [5, 5.41) is 7.60. The van der Waals surface area contributed by atoms with Gasteiger partial charge in [-0.2, -0.15) is 0 Å². The predicted octanol–water partition coefficient (Wildman–Crippen LogP) is 6.49. The SMILES string of the molecule is CC[C@H](C)[C@H](NC(=O)OC)C(=O)N1CCC[C@H]1c1ncc(-c2ccc3cc(-c4cnc([C@@H]5CCCN5C(=O)[C@@H](NC(=O)OC)[C@@H](C)CC)[nH]4)ccc3c2)[nH]1. The molecule has 288 valence electrons. The molecule has 4 N–H and O–H groups in total. The average molecular weight is 741 g/mol. The van der Waals surface area contributed by atoms with E-state index in [1.54, 1.807) is 0 Å². The molecule has 0 spiro atoms. The Morgan fingerprint density at radius 3 is 1.50 bits per heavy atom. The van der Waals surface area contributed by atoms with E-state index in [-0.39, 0.29) is 35.7 Å². The first kappa shape index (κ1) is 38.3. The van der Waals surface area contributed by atoms with Gasteiger partial charge >= 0.3 is 12.2 Å². The predicted molar refractivity (Wildman–Crippen MR) is 204 cm³/mol. The first-order valence-electron chi connectivity index (χ1n) is 19.0. The largest absolute Gasteiger partial charge is 0.453 e. The molecule has 4 aromatic rings. The van der Waals surface area contributed by atoms with Crippen molar-refractivity contribution >= 4 is 34.8 Å². The van der Waals surface area contributed by atoms with Crippen molar-refractivity contribution in [2.45, 2.75) is 90.4 Å². The fraction of sp³-hybridized carbons (Fsp3) is 0.500. The van der Waals surface area contributed by atoms with Crippen LogP contribution in [0.25, 0.3) is 33.3 Å². The van der Waals surface area contributed by atoms with E-state index in [2.05, 4.69) is 57.0 Å². The molecule has 54 heavy (non-hydrogen) atoms. The Kier molecular flexibility index (Phi) is 11.9. The van der Waals surface area contributed by atoms with Crippen LogP contribution in [-0.2, 0) is 19.1 Å². The van der Waals surface area contributed by atoms with Gasteiger partial charge in [0, 0.05) is 24.2 Å². The molecule has 0 unspecified atom stereocenters. The lowest BCUT2D eigenvalue weighted by molar-refractivity contribution is -0.136. The number of hydrogen-bond acceptors (Lipinski definition) is 8. The lowest BCUT2D eigenvalue weighted by atomic mass is 9.97. The minimum Gasteiger partial charge on any atom is -0.453 e. The van der Waals surface area contributed by atoms with Gasteiger partial charge in [0.25, 0.3) is 0 Å². The zero-order valence-corrected chi connectivity index (χ0v) is 32.0. The molecule has 4 heterocycles. The van der Waals surface area contributed by atoms with Crippen molar-refractivity contribution in [3.8, 4) is 22.5 Å². The summed E-state index contributed by atoms with van der Waals surface area (Å²) < 4.78 is 9.60. The highest BCUT2D eigenvalue weighted by Crippen LogP contribution is 2.35. The molecule has 6 rings (SSSR count). The van der Waals surface area contributed by atoms with Crippen molar-refractivity contribution in [1.82, 2.24) is 40.4 Å². The lowest BCUT2D eigenvalue weighted by Gasteiger charge is -2.30. The van der Waals surface area contributed by atoms with E-state index in [0.717, 1.165) is 83.5 Å². The third-order valence-corrected chi connectivity index (χ3v) is 11.2. The Morgan fingerprint density at radius 1 is 0.722 bits per heavy atom. The fourth-order valence-electron chi connectivity index (χ4n) is 7.61. The fourth-order valence-corrected chi connectivity index (χ4v) is 7.61. The van der Waals surface area contributed by atoms with Crippen LogP contribution < -0.4 is 10.6 Å². The normalized spacial score (nSPS) is 19.3. The number of alkyl carbamates (subject to hydrolysis) is 2.